The molecule has 0 spiro atoms. The molecule has 4 heteroatoms. The topological polar surface area (TPSA) is 89.3 Å². The third-order valence-corrected chi connectivity index (χ3v) is 1.34. The first-order chi connectivity index (χ1) is 4.50. The van der Waals surface area contributed by atoms with Gasteiger partial charge in [-0.05, 0) is 12.8 Å². The van der Waals surface area contributed by atoms with Crippen LogP contribution in [-0.2, 0) is 4.79 Å². The Labute approximate surface area is 60.2 Å². The van der Waals surface area contributed by atoms with Gasteiger partial charge in [-0.15, -0.1) is 0 Å². The van der Waals surface area contributed by atoms with Crippen molar-refractivity contribution in [2.45, 2.75) is 31.8 Å². The Morgan fingerprint density at radius 3 is 2.40 bits per heavy atom. The molecule has 0 aliphatic heterocycles. The lowest BCUT2D eigenvalue weighted by Crippen LogP contribution is -2.56. The molecule has 0 atom stereocenters. The summed E-state index contributed by atoms with van der Waals surface area (Å²) in [7, 11) is 0. The van der Waals surface area contributed by atoms with E-state index in [0.717, 1.165) is 12.8 Å². The van der Waals surface area contributed by atoms with Crippen LogP contribution >= 0.6 is 0 Å². The lowest BCUT2D eigenvalue weighted by Gasteiger charge is -2.17. The van der Waals surface area contributed by atoms with Crippen molar-refractivity contribution in [2.24, 2.45) is 11.5 Å². The average molecular weight is 146 g/mol. The molecule has 0 aliphatic carbocycles. The Kier molecular flexibility index (Phi) is 3.32. The minimum Gasteiger partial charge on any atom is -0.479 e. The van der Waals surface area contributed by atoms with Gasteiger partial charge in [0.05, 0.1) is 0 Å². The maximum absolute atomic E-state index is 10.3. The Morgan fingerprint density at radius 2 is 2.10 bits per heavy atom. The monoisotopic (exact) mass is 146 g/mol. The second-order valence-corrected chi connectivity index (χ2v) is 2.45. The van der Waals surface area contributed by atoms with Crippen LogP contribution in [-0.4, -0.2) is 16.7 Å². The summed E-state index contributed by atoms with van der Waals surface area (Å²) in [6.07, 6.45) is 1.99. The minimum absolute atomic E-state index is 0.332. The second-order valence-electron chi connectivity index (χ2n) is 2.45. The molecule has 0 aromatic heterocycles. The molecule has 10 heavy (non-hydrogen) atoms. The molecule has 5 N–H and O–H groups in total. The van der Waals surface area contributed by atoms with Crippen molar-refractivity contribution in [3.05, 3.63) is 0 Å². The first-order valence-electron chi connectivity index (χ1n) is 3.32. The lowest BCUT2D eigenvalue weighted by molar-refractivity contribution is -0.143. The molecule has 0 unspecified atom stereocenters. The van der Waals surface area contributed by atoms with Crippen LogP contribution in [0.3, 0.4) is 0 Å². The maximum atomic E-state index is 10.3. The van der Waals surface area contributed by atoms with Crippen molar-refractivity contribution >= 4 is 5.97 Å². The van der Waals surface area contributed by atoms with E-state index >= 15 is 0 Å². The first-order valence-corrected chi connectivity index (χ1v) is 3.32. The second kappa shape index (κ2) is 3.53. The number of carboxylic acids is 1. The molecule has 0 radical (unpaired) electrons. The van der Waals surface area contributed by atoms with Gasteiger partial charge >= 0.3 is 5.97 Å². The van der Waals surface area contributed by atoms with E-state index in [0.29, 0.717) is 6.42 Å². The zero-order chi connectivity index (χ0) is 8.20. The van der Waals surface area contributed by atoms with E-state index in [9.17, 15) is 4.79 Å². The summed E-state index contributed by atoms with van der Waals surface area (Å²) in [5.41, 5.74) is 8.92. The molecular weight excluding hydrogens is 132 g/mol. The van der Waals surface area contributed by atoms with Gasteiger partial charge in [-0.2, -0.15) is 0 Å². The number of hydrogen-bond acceptors (Lipinski definition) is 3. The number of aliphatic carboxylic acids is 1. The zero-order valence-corrected chi connectivity index (χ0v) is 6.13. The van der Waals surface area contributed by atoms with Gasteiger partial charge in [-0.3, -0.25) is 0 Å². The summed E-state index contributed by atoms with van der Waals surface area (Å²) in [5, 5.41) is 8.42. The summed E-state index contributed by atoms with van der Waals surface area (Å²) in [5.74, 6) is -1.14. The van der Waals surface area contributed by atoms with E-state index < -0.39 is 11.6 Å². The molecular formula is C6H14N2O2. The summed E-state index contributed by atoms with van der Waals surface area (Å²) in [4.78, 5) is 10.3. The molecule has 0 rings (SSSR count). The fourth-order valence-corrected chi connectivity index (χ4v) is 0.576. The minimum atomic E-state index is -1.53. The van der Waals surface area contributed by atoms with Gasteiger partial charge in [0.15, 0.2) is 5.66 Å². The molecule has 0 aromatic rings. The van der Waals surface area contributed by atoms with Crippen LogP contribution in [0.4, 0.5) is 0 Å². The molecule has 0 aliphatic rings. The summed E-state index contributed by atoms with van der Waals surface area (Å²) < 4.78 is 0. The average Bonchev–Trinajstić information content (AvgIpc) is 1.84. The number of hydrogen-bond donors (Lipinski definition) is 3. The molecule has 0 saturated carbocycles. The summed E-state index contributed by atoms with van der Waals surface area (Å²) >= 11 is 0. The van der Waals surface area contributed by atoms with Crippen molar-refractivity contribution in [2.75, 3.05) is 0 Å². The van der Waals surface area contributed by atoms with Crippen LogP contribution in [0.25, 0.3) is 0 Å². The zero-order valence-electron chi connectivity index (χ0n) is 6.13. The molecule has 0 fully saturated rings. The number of rotatable bonds is 4. The van der Waals surface area contributed by atoms with Crippen LogP contribution in [0.15, 0.2) is 0 Å². The van der Waals surface area contributed by atoms with Crippen LogP contribution < -0.4 is 11.5 Å². The van der Waals surface area contributed by atoms with Crippen molar-refractivity contribution in [3.63, 3.8) is 0 Å². The number of carbonyl (C=O) groups is 1. The van der Waals surface area contributed by atoms with Crippen molar-refractivity contribution in [1.29, 1.82) is 0 Å². The van der Waals surface area contributed by atoms with E-state index in [4.69, 9.17) is 16.6 Å². The van der Waals surface area contributed by atoms with Crippen molar-refractivity contribution in [3.8, 4) is 0 Å². The third kappa shape index (κ3) is 2.80. The van der Waals surface area contributed by atoms with Crippen molar-refractivity contribution < 1.29 is 9.90 Å². The van der Waals surface area contributed by atoms with Crippen LogP contribution in [0.1, 0.15) is 26.2 Å². The third-order valence-electron chi connectivity index (χ3n) is 1.34. The molecule has 0 amide bonds. The van der Waals surface area contributed by atoms with Gasteiger partial charge in [-0.1, -0.05) is 13.3 Å². The number of nitrogens with two attached hydrogens (primary N) is 2. The van der Waals surface area contributed by atoms with E-state index in [-0.39, 0.29) is 0 Å². The van der Waals surface area contributed by atoms with Crippen molar-refractivity contribution in [1.82, 2.24) is 0 Å². The highest BCUT2D eigenvalue weighted by Crippen LogP contribution is 2.04. The largest absolute Gasteiger partial charge is 0.479 e. The first kappa shape index (κ1) is 9.39. The number of unbranched alkanes of at least 4 members (excludes halogenated alkanes) is 1. The van der Waals surface area contributed by atoms with Gasteiger partial charge in [0.25, 0.3) is 0 Å². The normalized spacial score (nSPS) is 11.5. The standard InChI is InChI=1S/C6H14N2O2/c1-2-3-4-6(7,8)5(9)10/h2-4,7-8H2,1H3,(H,9,10). The quantitative estimate of drug-likeness (QED) is 0.482. The highest BCUT2D eigenvalue weighted by Gasteiger charge is 2.27. The Hall–Kier alpha value is -0.610. The van der Waals surface area contributed by atoms with Gasteiger partial charge in [0.1, 0.15) is 0 Å². The highest BCUT2D eigenvalue weighted by molar-refractivity contribution is 5.77. The highest BCUT2D eigenvalue weighted by atomic mass is 16.4. The van der Waals surface area contributed by atoms with E-state index in [2.05, 4.69) is 0 Å². The van der Waals surface area contributed by atoms with Gasteiger partial charge in [-0.25, -0.2) is 4.79 Å². The van der Waals surface area contributed by atoms with Gasteiger partial charge in [0, 0.05) is 0 Å². The molecule has 60 valence electrons. The van der Waals surface area contributed by atoms with Gasteiger partial charge in [0.2, 0.25) is 0 Å². The van der Waals surface area contributed by atoms with E-state index in [1.165, 1.54) is 0 Å². The Bertz CT molecular complexity index is 123. The Morgan fingerprint density at radius 1 is 1.60 bits per heavy atom. The maximum Gasteiger partial charge on any atom is 0.338 e. The van der Waals surface area contributed by atoms with Crippen LogP contribution in [0.5, 0.6) is 0 Å². The molecule has 0 heterocycles. The number of carboxylic acid groups (broad SMARTS) is 1. The SMILES string of the molecule is CCCCC(N)(N)C(=O)O. The van der Waals surface area contributed by atoms with Gasteiger partial charge < -0.3 is 16.6 Å². The Balaban J connectivity index is 3.75. The predicted octanol–water partition coefficient (Wildman–Crippen LogP) is -0.125. The summed E-state index contributed by atoms with van der Waals surface area (Å²) in [6.45, 7) is 1.96. The van der Waals surface area contributed by atoms with Crippen LogP contribution in [0.2, 0.25) is 0 Å². The fraction of sp³-hybridized carbons (Fsp3) is 0.833. The fourth-order valence-electron chi connectivity index (χ4n) is 0.576. The molecule has 4 nitrogen and oxygen atoms in total. The molecule has 0 saturated heterocycles. The van der Waals surface area contributed by atoms with E-state index in [1.807, 2.05) is 6.92 Å². The summed E-state index contributed by atoms with van der Waals surface area (Å²) in [6, 6.07) is 0. The molecule has 0 bridgehead atoms. The smallest absolute Gasteiger partial charge is 0.338 e. The van der Waals surface area contributed by atoms with Crippen LogP contribution in [0, 0.1) is 0 Å². The predicted molar refractivity (Wildman–Crippen MR) is 38.3 cm³/mol. The lowest BCUT2D eigenvalue weighted by atomic mass is 10.1. The van der Waals surface area contributed by atoms with E-state index in [1.54, 1.807) is 0 Å². The molecule has 0 aromatic carbocycles.